The maximum Gasteiger partial charge on any atom is 0.170 e. The number of aliphatic hydroxyl groups excluding tert-OH is 1. The molecule has 106 valence electrons. The number of nitrogens with zero attached hydrogens (tertiary/aromatic N) is 1. The molecule has 0 aliphatic rings. The first kappa shape index (κ1) is 15.8. The lowest BCUT2D eigenvalue weighted by atomic mass is 9.95. The molecule has 1 rings (SSSR count). The standard InChI is InChI=1S/C13H20ClN3O2/c1-13(2,8-18)7-16-6-10-4-3-9(5-11(10)14)12(15)17-19/h3-5,16,18-19H,6-8H2,1-2H3,(H2,15,17). The van der Waals surface area contributed by atoms with Crippen LogP contribution in [0.2, 0.25) is 5.02 Å². The predicted octanol–water partition coefficient (Wildman–Crippen LogP) is 1.54. The second-order valence-electron chi connectivity index (χ2n) is 5.22. The van der Waals surface area contributed by atoms with Crippen LogP contribution in [0.3, 0.4) is 0 Å². The van der Waals surface area contributed by atoms with Crippen molar-refractivity contribution in [2.45, 2.75) is 20.4 Å². The Labute approximate surface area is 118 Å². The van der Waals surface area contributed by atoms with Crippen LogP contribution in [-0.4, -0.2) is 29.3 Å². The lowest BCUT2D eigenvalue weighted by molar-refractivity contribution is 0.156. The van der Waals surface area contributed by atoms with Gasteiger partial charge in [-0.1, -0.05) is 42.7 Å². The van der Waals surface area contributed by atoms with Crippen LogP contribution < -0.4 is 11.1 Å². The van der Waals surface area contributed by atoms with Gasteiger partial charge in [0.1, 0.15) is 0 Å². The SMILES string of the molecule is CC(C)(CO)CNCc1ccc(/C(N)=N/O)cc1Cl. The quantitative estimate of drug-likeness (QED) is 0.276. The highest BCUT2D eigenvalue weighted by molar-refractivity contribution is 6.31. The number of halogens is 1. The number of aliphatic hydroxyl groups is 1. The third kappa shape index (κ3) is 4.70. The maximum absolute atomic E-state index is 9.15. The van der Waals surface area contributed by atoms with Crippen molar-refractivity contribution in [2.24, 2.45) is 16.3 Å². The Hall–Kier alpha value is -1.30. The first-order valence-electron chi connectivity index (χ1n) is 5.97. The van der Waals surface area contributed by atoms with Gasteiger partial charge in [0.25, 0.3) is 0 Å². The zero-order chi connectivity index (χ0) is 14.5. The van der Waals surface area contributed by atoms with Gasteiger partial charge in [0.15, 0.2) is 5.84 Å². The molecule has 0 fully saturated rings. The molecule has 0 aliphatic heterocycles. The molecule has 6 heteroatoms. The number of nitrogens with one attached hydrogen (secondary N) is 1. The molecule has 5 N–H and O–H groups in total. The minimum Gasteiger partial charge on any atom is -0.409 e. The Morgan fingerprint density at radius 3 is 2.68 bits per heavy atom. The van der Waals surface area contributed by atoms with E-state index in [1.807, 2.05) is 19.9 Å². The van der Waals surface area contributed by atoms with Crippen molar-refractivity contribution < 1.29 is 10.3 Å². The Bertz CT molecular complexity index is 461. The minimum atomic E-state index is -0.166. The summed E-state index contributed by atoms with van der Waals surface area (Å²) in [6.07, 6.45) is 0. The molecule has 1 aromatic carbocycles. The number of hydrogen-bond acceptors (Lipinski definition) is 4. The van der Waals surface area contributed by atoms with Gasteiger partial charge < -0.3 is 21.4 Å². The summed E-state index contributed by atoms with van der Waals surface area (Å²) in [6.45, 7) is 5.35. The number of oxime groups is 1. The van der Waals surface area contributed by atoms with Gasteiger partial charge >= 0.3 is 0 Å². The Morgan fingerprint density at radius 1 is 1.47 bits per heavy atom. The average molecular weight is 286 g/mol. The van der Waals surface area contributed by atoms with Crippen molar-refractivity contribution in [1.82, 2.24) is 5.32 Å². The van der Waals surface area contributed by atoms with E-state index < -0.39 is 0 Å². The number of nitrogens with two attached hydrogens (primary N) is 1. The van der Waals surface area contributed by atoms with E-state index in [1.165, 1.54) is 0 Å². The lowest BCUT2D eigenvalue weighted by Crippen LogP contribution is -2.31. The molecule has 0 aliphatic carbocycles. The highest BCUT2D eigenvalue weighted by Gasteiger charge is 2.15. The fourth-order valence-corrected chi connectivity index (χ4v) is 1.75. The Morgan fingerprint density at radius 2 is 2.16 bits per heavy atom. The molecule has 0 atom stereocenters. The molecule has 0 bridgehead atoms. The molecule has 0 saturated carbocycles. The van der Waals surface area contributed by atoms with Gasteiger partial charge in [-0.3, -0.25) is 0 Å². The van der Waals surface area contributed by atoms with E-state index in [2.05, 4.69) is 10.5 Å². The van der Waals surface area contributed by atoms with Crippen molar-refractivity contribution in [3.8, 4) is 0 Å². The number of hydrogen-bond donors (Lipinski definition) is 4. The van der Waals surface area contributed by atoms with Gasteiger partial charge in [0.2, 0.25) is 0 Å². The topological polar surface area (TPSA) is 90.9 Å². The van der Waals surface area contributed by atoms with Gasteiger partial charge in [0, 0.05) is 35.7 Å². The third-order valence-corrected chi connectivity index (χ3v) is 3.16. The number of amidine groups is 1. The summed E-state index contributed by atoms with van der Waals surface area (Å²) in [7, 11) is 0. The highest BCUT2D eigenvalue weighted by Crippen LogP contribution is 2.18. The summed E-state index contributed by atoms with van der Waals surface area (Å²) in [5.74, 6) is 0.0304. The van der Waals surface area contributed by atoms with Crippen LogP contribution in [0, 0.1) is 5.41 Å². The smallest absolute Gasteiger partial charge is 0.170 e. The monoisotopic (exact) mass is 285 g/mol. The Balaban J connectivity index is 2.66. The van der Waals surface area contributed by atoms with E-state index in [9.17, 15) is 0 Å². The van der Waals surface area contributed by atoms with E-state index in [4.69, 9.17) is 27.6 Å². The van der Waals surface area contributed by atoms with Gasteiger partial charge in [0.05, 0.1) is 0 Å². The lowest BCUT2D eigenvalue weighted by Gasteiger charge is -2.22. The van der Waals surface area contributed by atoms with Gasteiger partial charge in [-0.05, 0) is 11.6 Å². The van der Waals surface area contributed by atoms with Crippen LogP contribution >= 0.6 is 11.6 Å². The molecule has 0 radical (unpaired) electrons. The van der Waals surface area contributed by atoms with E-state index in [0.29, 0.717) is 23.7 Å². The first-order chi connectivity index (χ1) is 8.89. The summed E-state index contributed by atoms with van der Waals surface area (Å²) in [5, 5.41) is 24.5. The van der Waals surface area contributed by atoms with Crippen LogP contribution in [0.5, 0.6) is 0 Å². The zero-order valence-corrected chi connectivity index (χ0v) is 11.9. The largest absolute Gasteiger partial charge is 0.409 e. The van der Waals surface area contributed by atoms with Gasteiger partial charge in [-0.25, -0.2) is 0 Å². The normalized spacial score (nSPS) is 12.7. The third-order valence-electron chi connectivity index (χ3n) is 2.80. The number of rotatable bonds is 6. The second kappa shape index (κ2) is 6.75. The minimum absolute atomic E-state index is 0.0304. The molecule has 0 heterocycles. The van der Waals surface area contributed by atoms with Crippen molar-refractivity contribution in [2.75, 3.05) is 13.2 Å². The van der Waals surface area contributed by atoms with E-state index in [-0.39, 0.29) is 17.9 Å². The highest BCUT2D eigenvalue weighted by atomic mass is 35.5. The number of benzene rings is 1. The van der Waals surface area contributed by atoms with Gasteiger partial charge in [-0.2, -0.15) is 0 Å². The summed E-state index contributed by atoms with van der Waals surface area (Å²) in [5.41, 5.74) is 6.82. The maximum atomic E-state index is 9.15. The van der Waals surface area contributed by atoms with Crippen molar-refractivity contribution in [1.29, 1.82) is 0 Å². The average Bonchev–Trinajstić information content (AvgIpc) is 2.39. The molecule has 0 spiro atoms. The van der Waals surface area contributed by atoms with Crippen LogP contribution in [0.25, 0.3) is 0 Å². The first-order valence-corrected chi connectivity index (χ1v) is 6.35. The predicted molar refractivity (Wildman–Crippen MR) is 76.5 cm³/mol. The molecule has 19 heavy (non-hydrogen) atoms. The van der Waals surface area contributed by atoms with Crippen LogP contribution in [0.15, 0.2) is 23.4 Å². The molecule has 0 aromatic heterocycles. The Kier molecular flexibility index (Phi) is 5.60. The molecule has 1 aromatic rings. The summed E-state index contributed by atoms with van der Waals surface area (Å²) in [4.78, 5) is 0. The molecule has 0 amide bonds. The molecular formula is C13H20ClN3O2. The van der Waals surface area contributed by atoms with E-state index in [0.717, 1.165) is 5.56 Å². The second-order valence-corrected chi connectivity index (χ2v) is 5.62. The van der Waals surface area contributed by atoms with Crippen LogP contribution in [0.4, 0.5) is 0 Å². The summed E-state index contributed by atoms with van der Waals surface area (Å²) < 4.78 is 0. The molecule has 5 nitrogen and oxygen atoms in total. The molecule has 0 saturated heterocycles. The van der Waals surface area contributed by atoms with Gasteiger partial charge in [-0.15, -0.1) is 0 Å². The van der Waals surface area contributed by atoms with E-state index in [1.54, 1.807) is 12.1 Å². The fourth-order valence-electron chi connectivity index (χ4n) is 1.50. The fraction of sp³-hybridized carbons (Fsp3) is 0.462. The molecular weight excluding hydrogens is 266 g/mol. The van der Waals surface area contributed by atoms with Crippen molar-refractivity contribution in [3.05, 3.63) is 34.3 Å². The zero-order valence-electron chi connectivity index (χ0n) is 11.2. The molecule has 0 unspecified atom stereocenters. The van der Waals surface area contributed by atoms with Crippen molar-refractivity contribution in [3.63, 3.8) is 0 Å². The summed E-state index contributed by atoms with van der Waals surface area (Å²) in [6, 6.07) is 5.23. The van der Waals surface area contributed by atoms with Crippen molar-refractivity contribution >= 4 is 17.4 Å². The van der Waals surface area contributed by atoms with Crippen LogP contribution in [0.1, 0.15) is 25.0 Å². The van der Waals surface area contributed by atoms with E-state index >= 15 is 0 Å². The van der Waals surface area contributed by atoms with Crippen LogP contribution in [-0.2, 0) is 6.54 Å². The summed E-state index contributed by atoms with van der Waals surface area (Å²) >= 11 is 6.13.